The average molecular weight is 295 g/mol. The average Bonchev–Trinajstić information content (AvgIpc) is 3.07. The molecule has 22 heavy (non-hydrogen) atoms. The molecule has 0 saturated carbocycles. The lowest BCUT2D eigenvalue weighted by atomic mass is 9.93. The minimum atomic E-state index is 0.414. The van der Waals surface area contributed by atoms with Crippen molar-refractivity contribution in [3.05, 3.63) is 36.4 Å². The van der Waals surface area contributed by atoms with Crippen LogP contribution in [-0.2, 0) is 0 Å². The topological polar surface area (TPSA) is 32.5 Å². The number of likely N-dealkylation sites (N-methyl/N-ethyl adjacent to an activating group) is 1. The van der Waals surface area contributed by atoms with Gasteiger partial charge < -0.3 is 10.6 Å². The Morgan fingerprint density at radius 3 is 2.45 bits per heavy atom. The van der Waals surface area contributed by atoms with E-state index in [1.807, 2.05) is 6.07 Å². The van der Waals surface area contributed by atoms with E-state index in [9.17, 15) is 0 Å². The Morgan fingerprint density at radius 1 is 1.05 bits per heavy atom. The van der Waals surface area contributed by atoms with Gasteiger partial charge in [0.15, 0.2) is 0 Å². The van der Waals surface area contributed by atoms with E-state index in [0.29, 0.717) is 5.54 Å². The highest BCUT2D eigenvalue weighted by Gasteiger charge is 2.44. The van der Waals surface area contributed by atoms with Crippen LogP contribution in [0.1, 0.15) is 25.7 Å². The van der Waals surface area contributed by atoms with Gasteiger partial charge in [-0.15, -0.1) is 0 Å². The van der Waals surface area contributed by atoms with Crippen LogP contribution >= 0.6 is 0 Å². The lowest BCUT2D eigenvalue weighted by Gasteiger charge is -2.37. The molecule has 4 rings (SSSR count). The van der Waals surface area contributed by atoms with E-state index in [0.717, 1.165) is 12.2 Å². The number of anilines is 2. The van der Waals surface area contributed by atoms with E-state index in [2.05, 4.69) is 47.2 Å². The highest BCUT2D eigenvalue weighted by Crippen LogP contribution is 2.40. The fourth-order valence-corrected chi connectivity index (χ4v) is 4.65. The van der Waals surface area contributed by atoms with Gasteiger partial charge in [0.2, 0.25) is 0 Å². The molecule has 0 atom stereocenters. The summed E-state index contributed by atoms with van der Waals surface area (Å²) in [4.78, 5) is 5.18. The summed E-state index contributed by atoms with van der Waals surface area (Å²) in [7, 11) is 2.24. The molecule has 3 heteroatoms. The van der Waals surface area contributed by atoms with Crippen molar-refractivity contribution in [3.63, 3.8) is 0 Å². The smallest absolute Gasteiger partial charge is 0.0445 e. The van der Waals surface area contributed by atoms with Crippen LogP contribution in [0.25, 0.3) is 10.8 Å². The van der Waals surface area contributed by atoms with Crippen LogP contribution in [0.4, 0.5) is 11.4 Å². The molecule has 0 spiro atoms. The second-order valence-electron chi connectivity index (χ2n) is 6.99. The van der Waals surface area contributed by atoms with Gasteiger partial charge in [-0.1, -0.05) is 24.3 Å². The number of nitrogens with zero attached hydrogens (tertiary/aromatic N) is 2. The van der Waals surface area contributed by atoms with Gasteiger partial charge in [0.05, 0.1) is 0 Å². The van der Waals surface area contributed by atoms with Gasteiger partial charge in [0.1, 0.15) is 0 Å². The van der Waals surface area contributed by atoms with Crippen molar-refractivity contribution in [1.82, 2.24) is 4.90 Å². The van der Waals surface area contributed by atoms with Crippen molar-refractivity contribution < 1.29 is 0 Å². The molecule has 2 fully saturated rings. The molecule has 0 bridgehead atoms. The Bertz CT molecular complexity index is 684. The number of hydrogen-bond acceptors (Lipinski definition) is 3. The first-order chi connectivity index (χ1) is 10.7. The maximum Gasteiger partial charge on any atom is 0.0445 e. The summed E-state index contributed by atoms with van der Waals surface area (Å²) >= 11 is 0. The first-order valence-corrected chi connectivity index (χ1v) is 8.43. The van der Waals surface area contributed by atoms with E-state index in [1.54, 1.807) is 0 Å². The Hall–Kier alpha value is -1.74. The summed E-state index contributed by atoms with van der Waals surface area (Å²) in [6, 6.07) is 12.7. The lowest BCUT2D eigenvalue weighted by molar-refractivity contribution is 0.202. The third-order valence-corrected chi connectivity index (χ3v) is 5.69. The molecule has 2 saturated heterocycles. The predicted octanol–water partition coefficient (Wildman–Crippen LogP) is 3.49. The summed E-state index contributed by atoms with van der Waals surface area (Å²) in [6.07, 6.45) is 5.42. The number of hydrogen-bond donors (Lipinski definition) is 1. The standard InChI is InChI=1S/C19H25N3/c1-21(14-19-10-4-12-22(19)13-5-11-19)18-9-8-17(20)15-6-2-3-7-16(15)18/h2-3,6-9H,4-5,10-14,20H2,1H3. The Morgan fingerprint density at radius 2 is 1.73 bits per heavy atom. The zero-order valence-corrected chi connectivity index (χ0v) is 13.4. The van der Waals surface area contributed by atoms with Gasteiger partial charge in [-0.05, 0) is 50.9 Å². The van der Waals surface area contributed by atoms with Crippen molar-refractivity contribution in [2.24, 2.45) is 0 Å². The van der Waals surface area contributed by atoms with Gasteiger partial charge in [0.25, 0.3) is 0 Å². The fraction of sp³-hybridized carbons (Fsp3) is 0.474. The summed E-state index contributed by atoms with van der Waals surface area (Å²) in [5.74, 6) is 0. The molecule has 0 amide bonds. The molecule has 0 radical (unpaired) electrons. The molecule has 2 N–H and O–H groups in total. The molecular formula is C19H25N3. The third-order valence-electron chi connectivity index (χ3n) is 5.69. The van der Waals surface area contributed by atoms with Crippen molar-refractivity contribution >= 4 is 22.1 Å². The zero-order valence-electron chi connectivity index (χ0n) is 13.4. The number of benzene rings is 2. The fourth-order valence-electron chi connectivity index (χ4n) is 4.65. The summed E-state index contributed by atoms with van der Waals surface area (Å²) in [5.41, 5.74) is 8.73. The molecule has 116 valence electrons. The first kappa shape index (κ1) is 13.9. The molecule has 2 aliphatic heterocycles. The molecule has 2 aliphatic rings. The van der Waals surface area contributed by atoms with Gasteiger partial charge in [0, 0.05) is 41.3 Å². The summed E-state index contributed by atoms with van der Waals surface area (Å²) < 4.78 is 0. The van der Waals surface area contributed by atoms with Crippen LogP contribution in [0.3, 0.4) is 0 Å². The third kappa shape index (κ3) is 2.07. The molecule has 2 aromatic rings. The number of fused-ring (bicyclic) bond motifs is 2. The van der Waals surface area contributed by atoms with Crippen molar-refractivity contribution in [1.29, 1.82) is 0 Å². The summed E-state index contributed by atoms with van der Waals surface area (Å²) in [6.45, 7) is 3.70. The molecule has 0 aliphatic carbocycles. The molecule has 2 aromatic carbocycles. The molecular weight excluding hydrogens is 270 g/mol. The maximum atomic E-state index is 6.15. The second-order valence-corrected chi connectivity index (χ2v) is 6.99. The largest absolute Gasteiger partial charge is 0.398 e. The highest BCUT2D eigenvalue weighted by molar-refractivity contribution is 6.01. The number of rotatable bonds is 3. The number of nitrogen functional groups attached to an aromatic ring is 1. The normalized spacial score (nSPS) is 20.4. The van der Waals surface area contributed by atoms with Gasteiger partial charge >= 0.3 is 0 Å². The Labute approximate surface area is 132 Å². The minimum Gasteiger partial charge on any atom is -0.398 e. The van der Waals surface area contributed by atoms with Gasteiger partial charge in [-0.3, -0.25) is 4.90 Å². The highest BCUT2D eigenvalue weighted by atomic mass is 15.3. The van der Waals surface area contributed by atoms with Crippen molar-refractivity contribution in [2.75, 3.05) is 37.3 Å². The predicted molar refractivity (Wildman–Crippen MR) is 94.4 cm³/mol. The monoisotopic (exact) mass is 295 g/mol. The van der Waals surface area contributed by atoms with E-state index in [4.69, 9.17) is 5.73 Å². The van der Waals surface area contributed by atoms with E-state index in [-0.39, 0.29) is 0 Å². The Kier molecular flexibility index (Phi) is 3.26. The van der Waals surface area contributed by atoms with Crippen LogP contribution in [0.5, 0.6) is 0 Å². The quantitative estimate of drug-likeness (QED) is 0.880. The van der Waals surface area contributed by atoms with Gasteiger partial charge in [-0.2, -0.15) is 0 Å². The summed E-state index contributed by atoms with van der Waals surface area (Å²) in [5, 5.41) is 2.43. The second kappa shape index (κ2) is 5.17. The van der Waals surface area contributed by atoms with Crippen LogP contribution < -0.4 is 10.6 Å². The Balaban J connectivity index is 1.69. The SMILES string of the molecule is CN(CC12CCCN1CCC2)c1ccc(N)c2ccccc12. The molecule has 3 nitrogen and oxygen atoms in total. The van der Waals surface area contributed by atoms with Crippen molar-refractivity contribution in [2.45, 2.75) is 31.2 Å². The van der Waals surface area contributed by atoms with Crippen LogP contribution in [0, 0.1) is 0 Å². The maximum absolute atomic E-state index is 6.15. The molecule has 2 heterocycles. The van der Waals surface area contributed by atoms with Crippen LogP contribution in [0.15, 0.2) is 36.4 Å². The lowest BCUT2D eigenvalue weighted by Crippen LogP contribution is -2.47. The van der Waals surface area contributed by atoms with E-state index >= 15 is 0 Å². The molecule has 0 aromatic heterocycles. The number of nitrogens with two attached hydrogens (primary N) is 1. The first-order valence-electron chi connectivity index (χ1n) is 8.43. The van der Waals surface area contributed by atoms with E-state index in [1.165, 1.54) is 55.2 Å². The van der Waals surface area contributed by atoms with Crippen molar-refractivity contribution in [3.8, 4) is 0 Å². The van der Waals surface area contributed by atoms with Crippen LogP contribution in [-0.4, -0.2) is 37.1 Å². The van der Waals surface area contributed by atoms with E-state index < -0.39 is 0 Å². The zero-order chi connectivity index (χ0) is 15.2. The van der Waals surface area contributed by atoms with Crippen LogP contribution in [0.2, 0.25) is 0 Å². The minimum absolute atomic E-state index is 0.414. The molecule has 0 unspecified atom stereocenters. The van der Waals surface area contributed by atoms with Gasteiger partial charge in [-0.25, -0.2) is 0 Å².